The molecule has 2 fully saturated rings. The summed E-state index contributed by atoms with van der Waals surface area (Å²) in [5, 5.41) is 3.56. The first-order valence-corrected chi connectivity index (χ1v) is 7.51. The average molecular weight is 247 g/mol. The zero-order valence-corrected chi connectivity index (χ0v) is 11.7. The Bertz CT molecular complexity index is 398. The maximum atomic E-state index is 4.62. The molecule has 0 saturated heterocycles. The largest absolute Gasteiger partial charge is 0.353 e. The molecule has 1 N–H and O–H groups in total. The molecule has 0 aromatic carbocycles. The molecule has 0 radical (unpaired) electrons. The van der Waals surface area contributed by atoms with E-state index in [1.165, 1.54) is 38.5 Å². The van der Waals surface area contributed by atoms with Crippen LogP contribution in [0.3, 0.4) is 0 Å². The Hall–Kier alpha value is -0.990. The first-order valence-electron chi connectivity index (χ1n) is 7.51. The Morgan fingerprint density at radius 1 is 1.22 bits per heavy atom. The lowest BCUT2D eigenvalue weighted by Gasteiger charge is -2.26. The molecule has 0 spiro atoms. The van der Waals surface area contributed by atoms with Crippen molar-refractivity contribution in [1.82, 2.24) is 9.55 Å². The quantitative estimate of drug-likeness (QED) is 0.881. The van der Waals surface area contributed by atoms with Crippen LogP contribution in [0.2, 0.25) is 0 Å². The molecule has 1 heterocycles. The molecule has 0 unspecified atom stereocenters. The number of anilines is 1. The number of hydrogen-bond donors (Lipinski definition) is 1. The summed E-state index contributed by atoms with van der Waals surface area (Å²) in [5.74, 6) is 2.90. The molecule has 0 atom stereocenters. The van der Waals surface area contributed by atoms with Crippen molar-refractivity contribution in [1.29, 1.82) is 0 Å². The molecular formula is C15H25N3. The van der Waals surface area contributed by atoms with Gasteiger partial charge < -0.3 is 9.88 Å². The summed E-state index contributed by atoms with van der Waals surface area (Å²) >= 11 is 0. The van der Waals surface area contributed by atoms with Crippen LogP contribution in [0.1, 0.15) is 51.1 Å². The van der Waals surface area contributed by atoms with E-state index < -0.39 is 0 Å². The maximum Gasteiger partial charge on any atom is 0.203 e. The number of aryl methyl sites for hydroxylation is 1. The second-order valence-corrected chi connectivity index (χ2v) is 6.40. The van der Waals surface area contributed by atoms with Gasteiger partial charge in [-0.2, -0.15) is 0 Å². The van der Waals surface area contributed by atoms with Crippen LogP contribution < -0.4 is 5.32 Å². The first-order chi connectivity index (χ1) is 8.70. The number of imidazole rings is 1. The fourth-order valence-corrected chi connectivity index (χ4v) is 3.00. The molecule has 3 nitrogen and oxygen atoms in total. The van der Waals surface area contributed by atoms with E-state index in [1.807, 2.05) is 0 Å². The summed E-state index contributed by atoms with van der Waals surface area (Å²) in [7, 11) is 0. The van der Waals surface area contributed by atoms with Crippen LogP contribution in [0.5, 0.6) is 0 Å². The van der Waals surface area contributed by atoms with Crippen molar-refractivity contribution in [2.24, 2.45) is 11.8 Å². The predicted molar refractivity (Wildman–Crippen MR) is 74.7 cm³/mol. The van der Waals surface area contributed by atoms with E-state index >= 15 is 0 Å². The summed E-state index contributed by atoms with van der Waals surface area (Å²) in [6, 6.07) is 0.692. The molecule has 0 bridgehead atoms. The number of rotatable bonds is 4. The van der Waals surface area contributed by atoms with Gasteiger partial charge in [-0.25, -0.2) is 4.98 Å². The van der Waals surface area contributed by atoms with E-state index in [4.69, 9.17) is 0 Å². The number of aromatic nitrogens is 2. The van der Waals surface area contributed by atoms with Crippen molar-refractivity contribution in [2.75, 3.05) is 5.32 Å². The van der Waals surface area contributed by atoms with Crippen molar-refractivity contribution < 1.29 is 0 Å². The lowest BCUT2D eigenvalue weighted by Crippen LogP contribution is -2.19. The molecule has 18 heavy (non-hydrogen) atoms. The summed E-state index contributed by atoms with van der Waals surface area (Å²) in [6.45, 7) is 5.64. The third-order valence-electron chi connectivity index (χ3n) is 4.40. The number of hydrogen-bond acceptors (Lipinski definition) is 2. The molecule has 2 aliphatic rings. The van der Waals surface area contributed by atoms with Gasteiger partial charge in [0.25, 0.3) is 0 Å². The summed E-state index contributed by atoms with van der Waals surface area (Å²) in [5.41, 5.74) is 1.14. The minimum absolute atomic E-state index is 0.692. The first kappa shape index (κ1) is 12.1. The fourth-order valence-electron chi connectivity index (χ4n) is 3.00. The van der Waals surface area contributed by atoms with Crippen molar-refractivity contribution in [3.8, 4) is 0 Å². The van der Waals surface area contributed by atoms with Crippen LogP contribution in [-0.2, 0) is 6.54 Å². The molecular weight excluding hydrogens is 222 g/mol. The van der Waals surface area contributed by atoms with Crippen LogP contribution in [0, 0.1) is 18.8 Å². The molecule has 100 valence electrons. The lowest BCUT2D eigenvalue weighted by molar-refractivity contribution is 0.265. The normalized spacial score (nSPS) is 28.3. The van der Waals surface area contributed by atoms with Crippen molar-refractivity contribution in [3.63, 3.8) is 0 Å². The molecule has 3 heteroatoms. The monoisotopic (exact) mass is 247 g/mol. The van der Waals surface area contributed by atoms with Gasteiger partial charge in [0, 0.05) is 18.8 Å². The highest BCUT2D eigenvalue weighted by Gasteiger charge is 2.24. The second-order valence-electron chi connectivity index (χ2n) is 6.40. The van der Waals surface area contributed by atoms with Crippen LogP contribution >= 0.6 is 0 Å². The second kappa shape index (κ2) is 4.94. The van der Waals surface area contributed by atoms with Crippen molar-refractivity contribution >= 4 is 5.95 Å². The van der Waals surface area contributed by atoms with E-state index in [2.05, 4.69) is 34.9 Å². The maximum absolute atomic E-state index is 4.62. The molecule has 2 aliphatic carbocycles. The molecule has 0 aliphatic heterocycles. The minimum atomic E-state index is 0.692. The van der Waals surface area contributed by atoms with Gasteiger partial charge in [0.15, 0.2) is 0 Å². The van der Waals surface area contributed by atoms with E-state index in [1.54, 1.807) is 0 Å². The highest BCUT2D eigenvalue weighted by molar-refractivity contribution is 5.32. The third-order valence-corrected chi connectivity index (χ3v) is 4.40. The van der Waals surface area contributed by atoms with E-state index in [0.29, 0.717) is 6.04 Å². The average Bonchev–Trinajstić information content (AvgIpc) is 3.08. The number of nitrogens with one attached hydrogen (secondary N) is 1. The van der Waals surface area contributed by atoms with Crippen LogP contribution in [-0.4, -0.2) is 15.6 Å². The Kier molecular flexibility index (Phi) is 3.31. The predicted octanol–water partition coefficient (Wildman–Crippen LogP) is 3.59. The lowest BCUT2D eigenvalue weighted by atomic mass is 9.83. The summed E-state index contributed by atoms with van der Waals surface area (Å²) < 4.78 is 2.36. The van der Waals surface area contributed by atoms with E-state index in [0.717, 1.165) is 30.0 Å². The molecule has 2 saturated carbocycles. The van der Waals surface area contributed by atoms with Gasteiger partial charge in [-0.1, -0.05) is 19.8 Å². The topological polar surface area (TPSA) is 29.9 Å². The zero-order chi connectivity index (χ0) is 12.5. The molecule has 1 aromatic heterocycles. The Morgan fingerprint density at radius 2 is 1.94 bits per heavy atom. The summed E-state index contributed by atoms with van der Waals surface area (Å²) in [4.78, 5) is 4.62. The SMILES string of the molecule is Cc1cn(CC2CCC(C)CC2)c(NC2CC2)n1. The minimum Gasteiger partial charge on any atom is -0.353 e. The summed E-state index contributed by atoms with van der Waals surface area (Å²) in [6.07, 6.45) is 10.4. The number of nitrogens with zero attached hydrogens (tertiary/aromatic N) is 2. The van der Waals surface area contributed by atoms with Gasteiger partial charge in [0.2, 0.25) is 5.95 Å². The standard InChI is InChI=1S/C15H25N3/c1-11-3-5-13(6-4-11)10-18-9-12(2)16-15(18)17-14-7-8-14/h9,11,13-14H,3-8,10H2,1-2H3,(H,16,17). The third kappa shape index (κ3) is 2.88. The van der Waals surface area contributed by atoms with Gasteiger partial charge in [-0.15, -0.1) is 0 Å². The van der Waals surface area contributed by atoms with Gasteiger partial charge >= 0.3 is 0 Å². The van der Waals surface area contributed by atoms with Crippen LogP contribution in [0.25, 0.3) is 0 Å². The van der Waals surface area contributed by atoms with Gasteiger partial charge in [0.1, 0.15) is 0 Å². The van der Waals surface area contributed by atoms with E-state index in [-0.39, 0.29) is 0 Å². The fraction of sp³-hybridized carbons (Fsp3) is 0.800. The van der Waals surface area contributed by atoms with Crippen LogP contribution in [0.15, 0.2) is 6.20 Å². The molecule has 1 aromatic rings. The van der Waals surface area contributed by atoms with Gasteiger partial charge in [-0.3, -0.25) is 0 Å². The van der Waals surface area contributed by atoms with E-state index in [9.17, 15) is 0 Å². The molecule has 0 amide bonds. The smallest absolute Gasteiger partial charge is 0.203 e. The highest BCUT2D eigenvalue weighted by atomic mass is 15.2. The highest BCUT2D eigenvalue weighted by Crippen LogP contribution is 2.31. The van der Waals surface area contributed by atoms with Crippen molar-refractivity contribution in [2.45, 2.75) is 65.0 Å². The van der Waals surface area contributed by atoms with Crippen molar-refractivity contribution in [3.05, 3.63) is 11.9 Å². The Morgan fingerprint density at radius 3 is 2.61 bits per heavy atom. The van der Waals surface area contributed by atoms with Gasteiger partial charge in [-0.05, 0) is 44.4 Å². The Labute approximate surface area is 110 Å². The molecule has 3 rings (SSSR count). The Balaban J connectivity index is 1.63. The zero-order valence-electron chi connectivity index (χ0n) is 11.7. The van der Waals surface area contributed by atoms with Crippen LogP contribution in [0.4, 0.5) is 5.95 Å². The van der Waals surface area contributed by atoms with Gasteiger partial charge in [0.05, 0.1) is 5.69 Å².